The number of aliphatic imine (C=N–C) groups is 1. The van der Waals surface area contributed by atoms with Crippen LogP contribution in [0.5, 0.6) is 0 Å². The van der Waals surface area contributed by atoms with Gasteiger partial charge in [0.15, 0.2) is 5.96 Å². The minimum atomic E-state index is 0. The number of hydrogen-bond acceptors (Lipinski definition) is 2. The number of halogens is 2. The van der Waals surface area contributed by atoms with Gasteiger partial charge in [0, 0.05) is 30.9 Å². The summed E-state index contributed by atoms with van der Waals surface area (Å²) in [5.74, 6) is 0.826. The molecule has 0 radical (unpaired) electrons. The van der Waals surface area contributed by atoms with Gasteiger partial charge in [-0.05, 0) is 50.5 Å². The second kappa shape index (κ2) is 10.7. The maximum atomic E-state index is 5.91. The Kier molecular flexibility index (Phi) is 9.27. The molecule has 0 saturated heterocycles. The largest absolute Gasteiger partial charge is 0.357 e. The zero-order valence-electron chi connectivity index (χ0n) is 15.3. The first-order valence-corrected chi connectivity index (χ1v) is 8.64. The third-order valence-electron chi connectivity index (χ3n) is 4.00. The summed E-state index contributed by atoms with van der Waals surface area (Å²) in [5, 5.41) is 11.9. The smallest absolute Gasteiger partial charge is 0.191 e. The Bertz CT molecular complexity index is 694. The second-order valence-electron chi connectivity index (χ2n) is 5.77. The maximum absolute atomic E-state index is 5.91. The van der Waals surface area contributed by atoms with Crippen molar-refractivity contribution in [3.05, 3.63) is 51.8 Å². The van der Waals surface area contributed by atoms with Crippen LogP contribution < -0.4 is 10.6 Å². The number of rotatable bonds is 6. The lowest BCUT2D eigenvalue weighted by molar-refractivity contribution is 0.729. The Labute approximate surface area is 172 Å². The molecule has 2 aromatic rings. The van der Waals surface area contributed by atoms with Crippen molar-refractivity contribution < 1.29 is 0 Å². The summed E-state index contributed by atoms with van der Waals surface area (Å²) < 4.78 is 1.94. The van der Waals surface area contributed by atoms with Crippen molar-refractivity contribution in [3.8, 4) is 0 Å². The van der Waals surface area contributed by atoms with Crippen molar-refractivity contribution in [2.45, 2.75) is 33.7 Å². The van der Waals surface area contributed by atoms with E-state index in [4.69, 9.17) is 11.6 Å². The highest BCUT2D eigenvalue weighted by Gasteiger charge is 2.09. The molecular weight excluding hydrogens is 449 g/mol. The van der Waals surface area contributed by atoms with Crippen molar-refractivity contribution in [1.29, 1.82) is 0 Å². The molecule has 25 heavy (non-hydrogen) atoms. The average Bonchev–Trinajstić information content (AvgIpc) is 2.80. The number of guanidine groups is 1. The second-order valence-corrected chi connectivity index (χ2v) is 6.21. The first-order valence-electron chi connectivity index (χ1n) is 8.27. The summed E-state index contributed by atoms with van der Waals surface area (Å²) in [6.07, 6.45) is 0.927. The minimum absolute atomic E-state index is 0. The van der Waals surface area contributed by atoms with Gasteiger partial charge in [-0.1, -0.05) is 23.7 Å². The van der Waals surface area contributed by atoms with E-state index in [1.54, 1.807) is 0 Å². The van der Waals surface area contributed by atoms with E-state index in [0.29, 0.717) is 6.54 Å². The highest BCUT2D eigenvalue weighted by atomic mass is 127. The van der Waals surface area contributed by atoms with Crippen LogP contribution >= 0.6 is 35.6 Å². The van der Waals surface area contributed by atoms with Gasteiger partial charge in [0.1, 0.15) is 0 Å². The van der Waals surface area contributed by atoms with Crippen LogP contribution in [-0.4, -0.2) is 28.8 Å². The zero-order chi connectivity index (χ0) is 17.5. The molecule has 2 N–H and O–H groups in total. The molecule has 0 aliphatic carbocycles. The Balaban J connectivity index is 0.00000312. The average molecular weight is 476 g/mol. The molecule has 7 heteroatoms. The summed E-state index contributed by atoms with van der Waals surface area (Å²) in [6.45, 7) is 8.50. The quantitative estimate of drug-likeness (QED) is 0.381. The van der Waals surface area contributed by atoms with Gasteiger partial charge < -0.3 is 10.6 Å². The predicted octanol–water partition coefficient (Wildman–Crippen LogP) is 3.61. The van der Waals surface area contributed by atoms with Crippen molar-refractivity contribution >= 4 is 41.5 Å². The van der Waals surface area contributed by atoms with Crippen LogP contribution in [-0.2, 0) is 20.0 Å². The van der Waals surface area contributed by atoms with E-state index in [1.807, 2.05) is 36.0 Å². The van der Waals surface area contributed by atoms with Gasteiger partial charge in [-0.2, -0.15) is 5.10 Å². The fourth-order valence-corrected chi connectivity index (χ4v) is 2.71. The number of hydrogen-bond donors (Lipinski definition) is 2. The zero-order valence-corrected chi connectivity index (χ0v) is 18.4. The van der Waals surface area contributed by atoms with Crippen molar-refractivity contribution in [2.75, 3.05) is 13.1 Å². The number of nitrogens with one attached hydrogen (secondary N) is 2. The van der Waals surface area contributed by atoms with Gasteiger partial charge in [-0.25, -0.2) is 4.99 Å². The standard InChI is InChI=1S/C18H26ClN5.HI/c1-5-20-18(22-12-15-6-8-16(19)9-7-15)21-11-10-17-13(2)23-24(4)14(17)3;/h6-9H,5,10-12H2,1-4H3,(H2,20,21,22);1H. The molecule has 1 aromatic heterocycles. The van der Waals surface area contributed by atoms with Crippen LogP contribution in [0.25, 0.3) is 0 Å². The number of aryl methyl sites for hydroxylation is 2. The molecule has 138 valence electrons. The fraction of sp³-hybridized carbons (Fsp3) is 0.444. The van der Waals surface area contributed by atoms with Crippen LogP contribution in [0.3, 0.4) is 0 Å². The first-order chi connectivity index (χ1) is 11.5. The summed E-state index contributed by atoms with van der Waals surface area (Å²) >= 11 is 5.91. The summed E-state index contributed by atoms with van der Waals surface area (Å²) in [6, 6.07) is 7.77. The SMILES string of the molecule is CCNC(=NCc1ccc(Cl)cc1)NCCc1c(C)nn(C)c1C.I. The van der Waals surface area contributed by atoms with Gasteiger partial charge in [0.05, 0.1) is 12.2 Å². The van der Waals surface area contributed by atoms with E-state index >= 15 is 0 Å². The molecule has 0 amide bonds. The normalized spacial score (nSPS) is 11.2. The van der Waals surface area contributed by atoms with Crippen LogP contribution in [0.1, 0.15) is 29.4 Å². The first kappa shape index (κ1) is 21.8. The van der Waals surface area contributed by atoms with E-state index in [9.17, 15) is 0 Å². The number of aromatic nitrogens is 2. The number of nitrogens with zero attached hydrogens (tertiary/aromatic N) is 3. The molecule has 0 fully saturated rings. The minimum Gasteiger partial charge on any atom is -0.357 e. The topological polar surface area (TPSA) is 54.2 Å². The van der Waals surface area contributed by atoms with Crippen molar-refractivity contribution in [2.24, 2.45) is 12.0 Å². The van der Waals surface area contributed by atoms with Gasteiger partial charge in [0.2, 0.25) is 0 Å². The lowest BCUT2D eigenvalue weighted by Gasteiger charge is -2.11. The molecule has 0 spiro atoms. The van der Waals surface area contributed by atoms with E-state index in [0.717, 1.165) is 41.7 Å². The Morgan fingerprint density at radius 1 is 1.20 bits per heavy atom. The molecule has 0 aliphatic heterocycles. The molecule has 0 saturated carbocycles. The summed E-state index contributed by atoms with van der Waals surface area (Å²) in [7, 11) is 1.98. The lowest BCUT2D eigenvalue weighted by Crippen LogP contribution is -2.38. The lowest BCUT2D eigenvalue weighted by atomic mass is 10.1. The molecule has 0 atom stereocenters. The van der Waals surface area contributed by atoms with Crippen LogP contribution in [0.4, 0.5) is 0 Å². The fourth-order valence-electron chi connectivity index (χ4n) is 2.59. The predicted molar refractivity (Wildman–Crippen MR) is 116 cm³/mol. The van der Waals surface area contributed by atoms with E-state index in [-0.39, 0.29) is 24.0 Å². The highest BCUT2D eigenvalue weighted by Crippen LogP contribution is 2.12. The van der Waals surface area contributed by atoms with Crippen LogP contribution in [0.2, 0.25) is 5.02 Å². The Morgan fingerprint density at radius 2 is 1.88 bits per heavy atom. The summed E-state index contributed by atoms with van der Waals surface area (Å²) in [4.78, 5) is 4.63. The molecule has 0 bridgehead atoms. The Morgan fingerprint density at radius 3 is 2.44 bits per heavy atom. The third kappa shape index (κ3) is 6.51. The van der Waals surface area contributed by atoms with Gasteiger partial charge >= 0.3 is 0 Å². The molecule has 1 heterocycles. The van der Waals surface area contributed by atoms with Gasteiger partial charge in [-0.3, -0.25) is 4.68 Å². The maximum Gasteiger partial charge on any atom is 0.191 e. The number of benzene rings is 1. The molecular formula is C18H27ClIN5. The van der Waals surface area contributed by atoms with E-state index in [2.05, 4.69) is 41.5 Å². The summed E-state index contributed by atoms with van der Waals surface area (Å²) in [5.41, 5.74) is 4.76. The molecule has 5 nitrogen and oxygen atoms in total. The molecule has 1 aromatic carbocycles. The molecule has 0 unspecified atom stereocenters. The third-order valence-corrected chi connectivity index (χ3v) is 4.26. The monoisotopic (exact) mass is 475 g/mol. The van der Waals surface area contributed by atoms with E-state index in [1.165, 1.54) is 11.3 Å². The highest BCUT2D eigenvalue weighted by molar-refractivity contribution is 14.0. The van der Waals surface area contributed by atoms with Gasteiger partial charge in [0.25, 0.3) is 0 Å². The molecule has 2 rings (SSSR count). The van der Waals surface area contributed by atoms with Crippen LogP contribution in [0, 0.1) is 13.8 Å². The molecule has 0 aliphatic rings. The Hall–Kier alpha value is -1.28. The van der Waals surface area contributed by atoms with Crippen molar-refractivity contribution in [3.63, 3.8) is 0 Å². The van der Waals surface area contributed by atoms with Crippen molar-refractivity contribution in [1.82, 2.24) is 20.4 Å². The van der Waals surface area contributed by atoms with Gasteiger partial charge in [-0.15, -0.1) is 24.0 Å². The van der Waals surface area contributed by atoms with Crippen LogP contribution in [0.15, 0.2) is 29.3 Å². The van der Waals surface area contributed by atoms with E-state index < -0.39 is 0 Å².